The van der Waals surface area contributed by atoms with Crippen molar-refractivity contribution in [1.82, 2.24) is 10.6 Å². The Morgan fingerprint density at radius 1 is 1.00 bits per heavy atom. The van der Waals surface area contributed by atoms with Gasteiger partial charge in [0.05, 0.1) is 29.7 Å². The van der Waals surface area contributed by atoms with Crippen LogP contribution in [0.3, 0.4) is 0 Å². The molecule has 0 saturated carbocycles. The van der Waals surface area contributed by atoms with Gasteiger partial charge in [0.1, 0.15) is 11.6 Å². The highest BCUT2D eigenvalue weighted by molar-refractivity contribution is 8.23. The van der Waals surface area contributed by atoms with Crippen LogP contribution >= 0.6 is 10.6 Å². The van der Waals surface area contributed by atoms with Crippen molar-refractivity contribution in [3.05, 3.63) is 106 Å². The number of fused-ring (bicyclic) bond motifs is 1. The van der Waals surface area contributed by atoms with Crippen LogP contribution in [0.4, 0.5) is 8.78 Å². The molecule has 0 radical (unpaired) electrons. The fraction of sp³-hybridized carbons (Fsp3) is 0.367. The van der Waals surface area contributed by atoms with Gasteiger partial charge in [-0.3, -0.25) is 13.9 Å². The Balaban J connectivity index is 1.48. The summed E-state index contributed by atoms with van der Waals surface area (Å²) >= 11 is 0. The Morgan fingerprint density at radius 3 is 2.41 bits per heavy atom. The van der Waals surface area contributed by atoms with Crippen molar-refractivity contribution in [3.63, 3.8) is 0 Å². The minimum atomic E-state index is -2.84. The number of amides is 1. The third-order valence-corrected chi connectivity index (χ3v) is 8.70. The molecule has 0 unspecified atom stereocenters. The molecule has 39 heavy (non-hydrogen) atoms. The number of aryl methyl sites for hydroxylation is 2. The minimum Gasteiger partial charge on any atom is -0.390 e. The molecule has 1 heterocycles. The van der Waals surface area contributed by atoms with Crippen LogP contribution in [0, 0.1) is 11.6 Å². The number of hydrogen-bond acceptors (Lipinski definition) is 5. The van der Waals surface area contributed by atoms with Crippen molar-refractivity contribution in [2.24, 2.45) is 0 Å². The maximum atomic E-state index is 13.9. The topological polar surface area (TPSA) is 102 Å². The molecule has 4 rings (SSSR count). The highest BCUT2D eigenvalue weighted by Crippen LogP contribution is 2.50. The van der Waals surface area contributed by atoms with Gasteiger partial charge in [-0.1, -0.05) is 55.5 Å². The molecule has 3 aromatic carbocycles. The predicted octanol–water partition coefficient (Wildman–Crippen LogP) is 5.14. The number of carbonyl (C=O) groups is 1. The predicted molar refractivity (Wildman–Crippen MR) is 151 cm³/mol. The zero-order valence-electron chi connectivity index (χ0n) is 21.9. The molecule has 0 bridgehead atoms. The minimum absolute atomic E-state index is 0.0189. The number of nitrogens with one attached hydrogen (secondary N) is 2. The molecule has 6 nitrogen and oxygen atoms in total. The van der Waals surface area contributed by atoms with Gasteiger partial charge in [-0.05, 0) is 59.2 Å². The second kappa shape index (κ2) is 13.0. The van der Waals surface area contributed by atoms with Crippen LogP contribution in [0.5, 0.6) is 0 Å². The number of halogens is 2. The van der Waals surface area contributed by atoms with Crippen molar-refractivity contribution >= 4 is 16.5 Å². The first-order chi connectivity index (χ1) is 18.6. The monoisotopic (exact) mass is 558 g/mol. The Kier molecular flexibility index (Phi) is 9.74. The smallest absolute Gasteiger partial charge is 0.220 e. The zero-order valence-corrected chi connectivity index (χ0v) is 22.8. The third kappa shape index (κ3) is 8.33. The van der Waals surface area contributed by atoms with Crippen molar-refractivity contribution in [2.75, 3.05) is 12.3 Å². The molecule has 1 aliphatic heterocycles. The van der Waals surface area contributed by atoms with E-state index in [0.717, 1.165) is 34.7 Å². The Hall–Kier alpha value is -2.82. The van der Waals surface area contributed by atoms with Crippen molar-refractivity contribution in [1.29, 1.82) is 0 Å². The summed E-state index contributed by atoms with van der Waals surface area (Å²) in [6.45, 7) is 2.07. The van der Waals surface area contributed by atoms with Gasteiger partial charge in [0.2, 0.25) is 5.91 Å². The molecule has 5 N–H and O–H groups in total. The highest BCUT2D eigenvalue weighted by atomic mass is 32.3. The molecule has 0 spiro atoms. The van der Waals surface area contributed by atoms with E-state index in [9.17, 15) is 27.8 Å². The van der Waals surface area contributed by atoms with Gasteiger partial charge >= 0.3 is 0 Å². The molecule has 0 fully saturated rings. The first kappa shape index (κ1) is 29.2. The van der Waals surface area contributed by atoms with Crippen molar-refractivity contribution < 1.29 is 27.8 Å². The Labute approximate surface area is 229 Å². The van der Waals surface area contributed by atoms with Gasteiger partial charge in [-0.15, -0.1) is 0 Å². The van der Waals surface area contributed by atoms with E-state index in [-0.39, 0.29) is 36.8 Å². The van der Waals surface area contributed by atoms with E-state index in [0.29, 0.717) is 12.0 Å². The van der Waals surface area contributed by atoms with Crippen LogP contribution in [0.2, 0.25) is 0 Å². The second-order valence-corrected chi connectivity index (χ2v) is 12.4. The number of rotatable bonds is 11. The fourth-order valence-electron chi connectivity index (χ4n) is 5.01. The quantitative estimate of drug-likeness (QED) is 0.224. The van der Waals surface area contributed by atoms with Crippen LogP contribution in [-0.4, -0.2) is 44.6 Å². The van der Waals surface area contributed by atoms with Gasteiger partial charge in [-0.2, -0.15) is 10.6 Å². The van der Waals surface area contributed by atoms with Crippen LogP contribution in [0.1, 0.15) is 47.2 Å². The number of hydrogen-bond donors (Lipinski definition) is 5. The van der Waals surface area contributed by atoms with E-state index in [1.54, 1.807) is 0 Å². The average molecular weight is 559 g/mol. The molecule has 210 valence electrons. The summed E-state index contributed by atoms with van der Waals surface area (Å²) in [6, 6.07) is 17.4. The molecule has 3 aromatic rings. The fourth-order valence-corrected chi connectivity index (χ4v) is 6.72. The summed E-state index contributed by atoms with van der Waals surface area (Å²) in [4.78, 5) is 12.8. The summed E-state index contributed by atoms with van der Waals surface area (Å²) < 4.78 is 48.8. The standard InChI is InChI=1S/C30H36F2N2O4S/c1-2-20-8-10-23-18-39(37,38)19-28(26(23)14-20)33-17-29(35)27(15-22-12-24(31)16-25(32)13-22)34-30(36)11-9-21-6-4-3-5-7-21/h3-8,10,12-14,16,27-29,33,35,37-38H,2,9,11,15,17-19H2,1H3,(H,34,36)/t27-,28-,29-/m0/s1. The number of carbonyl (C=O) groups excluding carboxylic acids is 1. The van der Waals surface area contributed by atoms with E-state index < -0.39 is 40.4 Å². The number of benzene rings is 3. The lowest BCUT2D eigenvalue weighted by Gasteiger charge is -2.42. The molecule has 0 aliphatic carbocycles. The summed E-state index contributed by atoms with van der Waals surface area (Å²) in [5.41, 5.74) is 4.25. The molecule has 0 aromatic heterocycles. The highest BCUT2D eigenvalue weighted by Gasteiger charge is 2.31. The lowest BCUT2D eigenvalue weighted by Crippen LogP contribution is -2.49. The average Bonchev–Trinajstić information content (AvgIpc) is 2.89. The van der Waals surface area contributed by atoms with Crippen LogP contribution in [0.25, 0.3) is 0 Å². The van der Waals surface area contributed by atoms with E-state index >= 15 is 0 Å². The molecule has 1 aliphatic rings. The molecule has 1 amide bonds. The van der Waals surface area contributed by atoms with Gasteiger partial charge in [0.15, 0.2) is 0 Å². The zero-order chi connectivity index (χ0) is 28.0. The molecule has 9 heteroatoms. The summed E-state index contributed by atoms with van der Waals surface area (Å²) in [5, 5.41) is 17.3. The summed E-state index contributed by atoms with van der Waals surface area (Å²) in [6.07, 6.45) is 0.442. The van der Waals surface area contributed by atoms with Gasteiger partial charge in [0, 0.05) is 19.0 Å². The normalized spacial score (nSPS) is 18.6. The first-order valence-electron chi connectivity index (χ1n) is 13.2. The first-order valence-corrected chi connectivity index (χ1v) is 15.1. The van der Waals surface area contributed by atoms with Crippen molar-refractivity contribution in [3.8, 4) is 0 Å². The number of aliphatic hydroxyl groups is 1. The second-order valence-electron chi connectivity index (χ2n) is 10.2. The maximum Gasteiger partial charge on any atom is 0.220 e. The van der Waals surface area contributed by atoms with Crippen LogP contribution in [-0.2, 0) is 29.8 Å². The lowest BCUT2D eigenvalue weighted by molar-refractivity contribution is -0.122. The summed E-state index contributed by atoms with van der Waals surface area (Å²) in [5.74, 6) is -1.45. The summed E-state index contributed by atoms with van der Waals surface area (Å²) in [7, 11) is -2.84. The number of aliphatic hydroxyl groups excluding tert-OH is 1. The lowest BCUT2D eigenvalue weighted by atomic mass is 9.97. The van der Waals surface area contributed by atoms with Crippen LogP contribution < -0.4 is 10.6 Å². The maximum absolute atomic E-state index is 13.9. The van der Waals surface area contributed by atoms with E-state index in [1.165, 1.54) is 12.1 Å². The Bertz CT molecular complexity index is 1250. The third-order valence-electron chi connectivity index (χ3n) is 7.06. The van der Waals surface area contributed by atoms with Gasteiger partial charge < -0.3 is 15.7 Å². The van der Waals surface area contributed by atoms with Gasteiger partial charge in [-0.25, -0.2) is 8.78 Å². The molecule has 3 atom stereocenters. The largest absolute Gasteiger partial charge is 0.390 e. The van der Waals surface area contributed by atoms with E-state index in [4.69, 9.17) is 0 Å². The van der Waals surface area contributed by atoms with Crippen molar-refractivity contribution in [2.45, 2.75) is 56.5 Å². The van der Waals surface area contributed by atoms with Crippen LogP contribution in [0.15, 0.2) is 66.7 Å². The SMILES string of the molecule is CCc1ccc2c(c1)[C@@H](NC[C@H](O)[C@H](Cc1cc(F)cc(F)c1)NC(=O)CCc1ccccc1)CS(O)(O)C2. The molecule has 0 saturated heterocycles. The van der Waals surface area contributed by atoms with Gasteiger partial charge in [0.25, 0.3) is 0 Å². The van der Waals surface area contributed by atoms with E-state index in [1.807, 2.05) is 55.5 Å². The molecular weight excluding hydrogens is 522 g/mol. The molecular formula is C30H36F2N2O4S. The Morgan fingerprint density at radius 2 is 1.72 bits per heavy atom. The van der Waals surface area contributed by atoms with E-state index in [2.05, 4.69) is 10.6 Å².